The van der Waals surface area contributed by atoms with Crippen molar-refractivity contribution < 1.29 is 14.9 Å². The molecule has 0 saturated heterocycles. The number of ether oxygens (including phenoxy) is 1. The van der Waals surface area contributed by atoms with Crippen LogP contribution in [-0.4, -0.2) is 30.0 Å². The highest BCUT2D eigenvalue weighted by atomic mass is 79.9. The SMILES string of the molecule is CCC(C)C(O)CNCc1cc(OC)c(O)cc1Br. The molecule has 0 aliphatic carbocycles. The van der Waals surface area contributed by atoms with Gasteiger partial charge in [0.15, 0.2) is 11.5 Å². The Bertz CT molecular complexity index is 412. The molecular formula is C14H22BrNO3. The topological polar surface area (TPSA) is 61.7 Å². The fourth-order valence-electron chi connectivity index (χ4n) is 1.71. The van der Waals surface area contributed by atoms with Crippen molar-refractivity contribution in [2.45, 2.75) is 32.9 Å². The van der Waals surface area contributed by atoms with Gasteiger partial charge in [0.1, 0.15) is 0 Å². The molecule has 108 valence electrons. The number of halogens is 1. The first-order valence-corrected chi connectivity index (χ1v) is 7.23. The van der Waals surface area contributed by atoms with Crippen LogP contribution in [0.3, 0.4) is 0 Å². The highest BCUT2D eigenvalue weighted by Gasteiger charge is 2.12. The first-order chi connectivity index (χ1) is 8.99. The van der Waals surface area contributed by atoms with Crippen LogP contribution in [0.4, 0.5) is 0 Å². The molecule has 3 N–H and O–H groups in total. The summed E-state index contributed by atoms with van der Waals surface area (Å²) >= 11 is 3.40. The third-order valence-corrected chi connectivity index (χ3v) is 4.06. The first-order valence-electron chi connectivity index (χ1n) is 6.43. The van der Waals surface area contributed by atoms with E-state index in [-0.39, 0.29) is 17.8 Å². The zero-order chi connectivity index (χ0) is 14.4. The number of hydrogen-bond acceptors (Lipinski definition) is 4. The Labute approximate surface area is 122 Å². The van der Waals surface area contributed by atoms with E-state index in [9.17, 15) is 10.2 Å². The molecule has 1 rings (SSSR count). The van der Waals surface area contributed by atoms with Crippen LogP contribution in [0.5, 0.6) is 11.5 Å². The van der Waals surface area contributed by atoms with E-state index in [1.165, 1.54) is 7.11 Å². The number of aliphatic hydroxyl groups is 1. The minimum Gasteiger partial charge on any atom is -0.504 e. The monoisotopic (exact) mass is 331 g/mol. The lowest BCUT2D eigenvalue weighted by Crippen LogP contribution is -2.31. The first kappa shape index (κ1) is 16.3. The molecule has 0 spiro atoms. The van der Waals surface area contributed by atoms with Crippen LogP contribution in [0, 0.1) is 5.92 Å². The molecule has 4 nitrogen and oxygen atoms in total. The van der Waals surface area contributed by atoms with E-state index >= 15 is 0 Å². The molecule has 2 atom stereocenters. The van der Waals surface area contributed by atoms with Crippen molar-refractivity contribution >= 4 is 15.9 Å². The fourth-order valence-corrected chi connectivity index (χ4v) is 2.18. The van der Waals surface area contributed by atoms with Crippen molar-refractivity contribution in [3.05, 3.63) is 22.2 Å². The van der Waals surface area contributed by atoms with Crippen molar-refractivity contribution in [2.24, 2.45) is 5.92 Å². The number of phenolic OH excluding ortho intramolecular Hbond substituents is 1. The average molecular weight is 332 g/mol. The van der Waals surface area contributed by atoms with Crippen LogP contribution in [0.2, 0.25) is 0 Å². The Morgan fingerprint density at radius 3 is 2.68 bits per heavy atom. The summed E-state index contributed by atoms with van der Waals surface area (Å²) in [5, 5.41) is 22.7. The molecule has 0 amide bonds. The van der Waals surface area contributed by atoms with Crippen LogP contribution in [0.15, 0.2) is 16.6 Å². The van der Waals surface area contributed by atoms with E-state index in [1.54, 1.807) is 12.1 Å². The van der Waals surface area contributed by atoms with Gasteiger partial charge < -0.3 is 20.3 Å². The highest BCUT2D eigenvalue weighted by molar-refractivity contribution is 9.10. The van der Waals surface area contributed by atoms with Gasteiger partial charge in [0.25, 0.3) is 0 Å². The Morgan fingerprint density at radius 1 is 1.42 bits per heavy atom. The summed E-state index contributed by atoms with van der Waals surface area (Å²) in [6, 6.07) is 3.39. The summed E-state index contributed by atoms with van der Waals surface area (Å²) in [6.45, 7) is 5.25. The average Bonchev–Trinajstić information content (AvgIpc) is 2.40. The molecule has 19 heavy (non-hydrogen) atoms. The van der Waals surface area contributed by atoms with E-state index in [0.29, 0.717) is 18.8 Å². The molecule has 1 aromatic carbocycles. The minimum absolute atomic E-state index is 0.109. The number of methoxy groups -OCH3 is 1. The predicted molar refractivity (Wildman–Crippen MR) is 79.5 cm³/mol. The van der Waals surface area contributed by atoms with E-state index in [1.807, 2.05) is 6.92 Å². The maximum Gasteiger partial charge on any atom is 0.160 e. The van der Waals surface area contributed by atoms with E-state index < -0.39 is 0 Å². The number of phenols is 1. The van der Waals surface area contributed by atoms with Gasteiger partial charge in [-0.15, -0.1) is 0 Å². The number of benzene rings is 1. The normalized spacial score (nSPS) is 14.2. The second kappa shape index (κ2) is 7.72. The molecule has 0 aliphatic heterocycles. The van der Waals surface area contributed by atoms with Gasteiger partial charge in [0.05, 0.1) is 13.2 Å². The van der Waals surface area contributed by atoms with Crippen molar-refractivity contribution in [2.75, 3.05) is 13.7 Å². The molecule has 0 fully saturated rings. The number of aromatic hydroxyl groups is 1. The van der Waals surface area contributed by atoms with Crippen molar-refractivity contribution in [1.82, 2.24) is 5.32 Å². The molecule has 0 aliphatic rings. The smallest absolute Gasteiger partial charge is 0.160 e. The summed E-state index contributed by atoms with van der Waals surface area (Å²) in [5.41, 5.74) is 0.978. The Hall–Kier alpha value is -0.780. The molecule has 0 bridgehead atoms. The quantitative estimate of drug-likeness (QED) is 0.718. The van der Waals surface area contributed by atoms with Crippen molar-refractivity contribution in [3.8, 4) is 11.5 Å². The lowest BCUT2D eigenvalue weighted by molar-refractivity contribution is 0.113. The predicted octanol–water partition coefficient (Wildman–Crippen LogP) is 2.66. The maximum atomic E-state index is 9.87. The largest absolute Gasteiger partial charge is 0.504 e. The van der Waals surface area contributed by atoms with Crippen LogP contribution < -0.4 is 10.1 Å². The van der Waals surface area contributed by atoms with E-state index in [2.05, 4.69) is 28.2 Å². The number of nitrogens with one attached hydrogen (secondary N) is 1. The van der Waals surface area contributed by atoms with Crippen LogP contribution in [0.25, 0.3) is 0 Å². The molecule has 0 radical (unpaired) electrons. The van der Waals surface area contributed by atoms with E-state index in [4.69, 9.17) is 4.74 Å². The Kier molecular flexibility index (Phi) is 6.62. The van der Waals surface area contributed by atoms with Gasteiger partial charge in [0, 0.05) is 17.6 Å². The zero-order valence-electron chi connectivity index (χ0n) is 11.6. The molecule has 0 heterocycles. The lowest BCUT2D eigenvalue weighted by Gasteiger charge is -2.18. The summed E-state index contributed by atoms with van der Waals surface area (Å²) in [7, 11) is 1.52. The molecule has 1 aromatic rings. The standard InChI is InChI=1S/C14H22BrNO3/c1-4-9(2)13(18)8-16-7-10-5-14(19-3)12(17)6-11(10)15/h5-6,9,13,16-18H,4,7-8H2,1-3H3. The molecule has 2 unspecified atom stereocenters. The molecule has 0 aromatic heterocycles. The van der Waals surface area contributed by atoms with Gasteiger partial charge in [-0.1, -0.05) is 36.2 Å². The number of hydrogen-bond donors (Lipinski definition) is 3. The second-order valence-corrected chi connectivity index (χ2v) is 5.55. The van der Waals surface area contributed by atoms with Gasteiger partial charge in [-0.3, -0.25) is 0 Å². The maximum absolute atomic E-state index is 9.87. The van der Waals surface area contributed by atoms with E-state index in [0.717, 1.165) is 16.5 Å². The third-order valence-electron chi connectivity index (χ3n) is 3.32. The third kappa shape index (κ3) is 4.67. The fraction of sp³-hybridized carbons (Fsp3) is 0.571. The molecule has 5 heteroatoms. The zero-order valence-corrected chi connectivity index (χ0v) is 13.2. The summed E-state index contributed by atoms with van der Waals surface area (Å²) in [6.07, 6.45) is 0.613. The Morgan fingerprint density at radius 2 is 2.11 bits per heavy atom. The van der Waals surface area contributed by atoms with Crippen molar-refractivity contribution in [1.29, 1.82) is 0 Å². The lowest BCUT2D eigenvalue weighted by atomic mass is 10.0. The summed E-state index contributed by atoms with van der Waals surface area (Å²) in [5.74, 6) is 0.838. The van der Waals surface area contributed by atoms with Gasteiger partial charge in [-0.25, -0.2) is 0 Å². The number of aliphatic hydroxyl groups excluding tert-OH is 1. The number of rotatable bonds is 7. The minimum atomic E-state index is -0.345. The summed E-state index contributed by atoms with van der Waals surface area (Å²) < 4.78 is 5.89. The van der Waals surface area contributed by atoms with Crippen molar-refractivity contribution in [3.63, 3.8) is 0 Å². The highest BCUT2D eigenvalue weighted by Crippen LogP contribution is 2.32. The van der Waals surface area contributed by atoms with Crippen LogP contribution >= 0.6 is 15.9 Å². The van der Waals surface area contributed by atoms with Gasteiger partial charge in [0.2, 0.25) is 0 Å². The van der Waals surface area contributed by atoms with Gasteiger partial charge >= 0.3 is 0 Å². The second-order valence-electron chi connectivity index (χ2n) is 4.70. The van der Waals surface area contributed by atoms with Gasteiger partial charge in [-0.05, 0) is 23.6 Å². The Balaban J connectivity index is 2.58. The molecular weight excluding hydrogens is 310 g/mol. The summed E-state index contributed by atoms with van der Waals surface area (Å²) in [4.78, 5) is 0. The van der Waals surface area contributed by atoms with Crippen LogP contribution in [0.1, 0.15) is 25.8 Å². The molecule has 0 saturated carbocycles. The van der Waals surface area contributed by atoms with Gasteiger partial charge in [-0.2, -0.15) is 0 Å². The van der Waals surface area contributed by atoms with Crippen LogP contribution in [-0.2, 0) is 6.54 Å².